The van der Waals surface area contributed by atoms with Crippen molar-refractivity contribution in [2.24, 2.45) is 0 Å². The van der Waals surface area contributed by atoms with E-state index in [1.54, 1.807) is 0 Å². The van der Waals surface area contributed by atoms with Crippen molar-refractivity contribution < 1.29 is 9.59 Å². The SMILES string of the molecule is Nc1cc(C(=O)Cl)ccc1C(=O)Cl. The van der Waals surface area contributed by atoms with Crippen molar-refractivity contribution in [2.75, 3.05) is 5.73 Å². The van der Waals surface area contributed by atoms with Gasteiger partial charge in [-0.2, -0.15) is 0 Å². The Morgan fingerprint density at radius 2 is 1.77 bits per heavy atom. The second-order valence-corrected chi connectivity index (χ2v) is 3.04. The van der Waals surface area contributed by atoms with Gasteiger partial charge in [0, 0.05) is 11.3 Å². The van der Waals surface area contributed by atoms with Gasteiger partial charge in [-0.25, -0.2) is 0 Å². The molecule has 0 amide bonds. The molecule has 0 aliphatic rings. The number of halogens is 2. The molecule has 0 radical (unpaired) electrons. The third-order valence-corrected chi connectivity index (χ3v) is 1.91. The van der Waals surface area contributed by atoms with Gasteiger partial charge >= 0.3 is 0 Å². The normalized spacial score (nSPS) is 9.69. The minimum atomic E-state index is -0.661. The Morgan fingerprint density at radius 3 is 2.15 bits per heavy atom. The van der Waals surface area contributed by atoms with Crippen molar-refractivity contribution in [1.82, 2.24) is 0 Å². The standard InChI is InChI=1S/C8H5Cl2NO2/c9-7(12)4-1-2-5(8(10)13)6(11)3-4/h1-3H,11H2. The van der Waals surface area contributed by atoms with E-state index in [2.05, 4.69) is 0 Å². The first-order valence-corrected chi connectivity index (χ1v) is 4.07. The summed E-state index contributed by atoms with van der Waals surface area (Å²) in [6, 6.07) is 4.06. The fourth-order valence-electron chi connectivity index (χ4n) is 0.864. The zero-order chi connectivity index (χ0) is 10.0. The first-order chi connectivity index (χ1) is 6.02. The van der Waals surface area contributed by atoms with Crippen molar-refractivity contribution in [3.63, 3.8) is 0 Å². The molecule has 5 heteroatoms. The van der Waals surface area contributed by atoms with Crippen LogP contribution in [0.1, 0.15) is 20.7 Å². The van der Waals surface area contributed by atoms with E-state index in [0.29, 0.717) is 0 Å². The zero-order valence-corrected chi connectivity index (χ0v) is 7.89. The van der Waals surface area contributed by atoms with Crippen LogP contribution in [0.2, 0.25) is 0 Å². The monoisotopic (exact) mass is 217 g/mol. The van der Waals surface area contributed by atoms with Gasteiger partial charge in [-0.15, -0.1) is 0 Å². The topological polar surface area (TPSA) is 60.2 Å². The van der Waals surface area contributed by atoms with Crippen LogP contribution in [-0.4, -0.2) is 10.5 Å². The van der Waals surface area contributed by atoms with E-state index < -0.39 is 10.5 Å². The van der Waals surface area contributed by atoms with Gasteiger partial charge in [-0.05, 0) is 41.4 Å². The smallest absolute Gasteiger partial charge is 0.254 e. The Kier molecular flexibility index (Phi) is 2.90. The number of anilines is 1. The summed E-state index contributed by atoms with van der Waals surface area (Å²) >= 11 is 10.4. The van der Waals surface area contributed by atoms with Crippen LogP contribution in [0.25, 0.3) is 0 Å². The summed E-state index contributed by atoms with van der Waals surface area (Å²) < 4.78 is 0. The Balaban J connectivity index is 3.20. The maximum absolute atomic E-state index is 10.7. The number of carbonyl (C=O) groups is 2. The number of hydrogen-bond acceptors (Lipinski definition) is 3. The molecule has 0 saturated heterocycles. The molecule has 0 unspecified atom stereocenters. The summed E-state index contributed by atoms with van der Waals surface area (Å²) in [5.74, 6) is 0. The Labute approximate surface area is 84.4 Å². The fourth-order valence-corrected chi connectivity index (χ4v) is 1.15. The molecule has 0 heterocycles. The van der Waals surface area contributed by atoms with Gasteiger partial charge in [-0.3, -0.25) is 9.59 Å². The summed E-state index contributed by atoms with van der Waals surface area (Å²) in [4.78, 5) is 21.4. The molecule has 68 valence electrons. The molecule has 0 spiro atoms. The first kappa shape index (κ1) is 10.0. The van der Waals surface area contributed by atoms with Gasteiger partial charge in [-0.1, -0.05) is 0 Å². The molecule has 3 nitrogen and oxygen atoms in total. The lowest BCUT2D eigenvalue weighted by Crippen LogP contribution is -2.00. The Bertz CT molecular complexity index is 376. The molecule has 0 aliphatic carbocycles. The summed E-state index contributed by atoms with van der Waals surface area (Å²) in [6.07, 6.45) is 0. The molecular weight excluding hydrogens is 213 g/mol. The van der Waals surface area contributed by atoms with Crippen LogP contribution in [0.4, 0.5) is 5.69 Å². The summed E-state index contributed by atoms with van der Waals surface area (Å²) in [5.41, 5.74) is 6.00. The minimum absolute atomic E-state index is 0.145. The lowest BCUT2D eigenvalue weighted by molar-refractivity contribution is 0.107. The number of hydrogen-bond donors (Lipinski definition) is 1. The third kappa shape index (κ3) is 2.20. The summed E-state index contributed by atoms with van der Waals surface area (Å²) in [7, 11) is 0. The second kappa shape index (κ2) is 3.77. The largest absolute Gasteiger partial charge is 0.398 e. The summed E-state index contributed by atoms with van der Waals surface area (Å²) in [5, 5.41) is -1.29. The van der Waals surface area contributed by atoms with E-state index in [-0.39, 0.29) is 16.8 Å². The Morgan fingerprint density at radius 1 is 1.15 bits per heavy atom. The highest BCUT2D eigenvalue weighted by Crippen LogP contribution is 2.17. The highest BCUT2D eigenvalue weighted by molar-refractivity contribution is 6.69. The van der Waals surface area contributed by atoms with Crippen LogP contribution in [0.3, 0.4) is 0 Å². The third-order valence-electron chi connectivity index (χ3n) is 1.49. The van der Waals surface area contributed by atoms with Crippen LogP contribution in [-0.2, 0) is 0 Å². The van der Waals surface area contributed by atoms with Crippen LogP contribution in [0.15, 0.2) is 18.2 Å². The molecule has 0 bridgehead atoms. The van der Waals surface area contributed by atoms with Gasteiger partial charge in [0.1, 0.15) is 0 Å². The molecule has 13 heavy (non-hydrogen) atoms. The van der Waals surface area contributed by atoms with Gasteiger partial charge in [0.15, 0.2) is 0 Å². The van der Waals surface area contributed by atoms with Crippen LogP contribution in [0, 0.1) is 0 Å². The number of benzene rings is 1. The highest BCUT2D eigenvalue weighted by Gasteiger charge is 2.09. The van der Waals surface area contributed by atoms with E-state index >= 15 is 0 Å². The van der Waals surface area contributed by atoms with E-state index in [0.717, 1.165) is 0 Å². The number of nitrogens with two attached hydrogens (primary N) is 1. The molecule has 1 rings (SSSR count). The van der Waals surface area contributed by atoms with Crippen LogP contribution in [0.5, 0.6) is 0 Å². The van der Waals surface area contributed by atoms with E-state index in [4.69, 9.17) is 28.9 Å². The average Bonchev–Trinajstić information content (AvgIpc) is 2.03. The average molecular weight is 218 g/mol. The fraction of sp³-hybridized carbons (Fsp3) is 0. The first-order valence-electron chi connectivity index (χ1n) is 3.31. The van der Waals surface area contributed by atoms with E-state index in [9.17, 15) is 9.59 Å². The molecule has 0 saturated carbocycles. The predicted octanol–water partition coefficient (Wildman–Crippen LogP) is 2.03. The lowest BCUT2D eigenvalue weighted by Gasteiger charge is -2.00. The molecule has 1 aromatic rings. The van der Waals surface area contributed by atoms with Gasteiger partial charge in [0.05, 0.1) is 5.56 Å². The molecule has 0 aliphatic heterocycles. The molecule has 1 aromatic carbocycles. The predicted molar refractivity (Wildman–Crippen MR) is 51.2 cm³/mol. The summed E-state index contributed by atoms with van der Waals surface area (Å²) in [6.45, 7) is 0. The highest BCUT2D eigenvalue weighted by atomic mass is 35.5. The van der Waals surface area contributed by atoms with Gasteiger partial charge in [0.25, 0.3) is 10.5 Å². The Hall–Kier alpha value is -1.06. The molecule has 0 aromatic heterocycles. The lowest BCUT2D eigenvalue weighted by atomic mass is 10.1. The maximum Gasteiger partial charge on any atom is 0.254 e. The quantitative estimate of drug-likeness (QED) is 0.610. The maximum atomic E-state index is 10.7. The number of rotatable bonds is 2. The molecule has 2 N–H and O–H groups in total. The van der Waals surface area contributed by atoms with Crippen LogP contribution < -0.4 is 5.73 Å². The van der Waals surface area contributed by atoms with Crippen molar-refractivity contribution in [3.05, 3.63) is 29.3 Å². The van der Waals surface area contributed by atoms with Gasteiger partial charge in [0.2, 0.25) is 0 Å². The molecular formula is C8H5Cl2NO2. The van der Waals surface area contributed by atoms with Crippen molar-refractivity contribution >= 4 is 39.4 Å². The van der Waals surface area contributed by atoms with Gasteiger partial charge < -0.3 is 5.73 Å². The second-order valence-electron chi connectivity index (χ2n) is 2.35. The number of carbonyl (C=O) groups excluding carboxylic acids is 2. The number of nitrogen functional groups attached to an aromatic ring is 1. The van der Waals surface area contributed by atoms with E-state index in [1.165, 1.54) is 18.2 Å². The molecule has 0 atom stereocenters. The van der Waals surface area contributed by atoms with Crippen molar-refractivity contribution in [3.8, 4) is 0 Å². The van der Waals surface area contributed by atoms with E-state index in [1.807, 2.05) is 0 Å². The van der Waals surface area contributed by atoms with Crippen molar-refractivity contribution in [1.29, 1.82) is 0 Å². The van der Waals surface area contributed by atoms with Crippen LogP contribution >= 0.6 is 23.2 Å². The van der Waals surface area contributed by atoms with Crippen molar-refractivity contribution in [2.45, 2.75) is 0 Å². The zero-order valence-electron chi connectivity index (χ0n) is 6.38. The minimum Gasteiger partial charge on any atom is -0.398 e. The molecule has 0 fully saturated rings.